The van der Waals surface area contributed by atoms with E-state index in [1.54, 1.807) is 18.2 Å². The monoisotopic (exact) mass is 425 g/mol. The number of rotatable bonds is 3. The number of anilines is 1. The van der Waals surface area contributed by atoms with Crippen LogP contribution >= 0.6 is 11.6 Å². The van der Waals surface area contributed by atoms with Gasteiger partial charge in [0.15, 0.2) is 0 Å². The van der Waals surface area contributed by atoms with Gasteiger partial charge in [-0.3, -0.25) is 4.72 Å². The Kier molecular flexibility index (Phi) is 4.28. The van der Waals surface area contributed by atoms with Gasteiger partial charge in [0.1, 0.15) is 16.1 Å². The Bertz CT molecular complexity index is 1310. The van der Waals surface area contributed by atoms with Crippen LogP contribution in [-0.2, 0) is 16.2 Å². The van der Waals surface area contributed by atoms with Gasteiger partial charge in [-0.15, -0.1) is 0 Å². The minimum atomic E-state index is -4.69. The minimum Gasteiger partial charge on any atom is -0.456 e. The fourth-order valence-electron chi connectivity index (χ4n) is 2.89. The third-order valence-electron chi connectivity index (χ3n) is 4.18. The lowest BCUT2D eigenvalue weighted by Gasteiger charge is -2.12. The van der Waals surface area contributed by atoms with Crippen LogP contribution in [0, 0.1) is 0 Å². The molecule has 0 bridgehead atoms. The van der Waals surface area contributed by atoms with Gasteiger partial charge in [0.25, 0.3) is 10.0 Å². The van der Waals surface area contributed by atoms with E-state index in [0.717, 1.165) is 17.5 Å². The van der Waals surface area contributed by atoms with Crippen molar-refractivity contribution < 1.29 is 26.0 Å². The highest BCUT2D eigenvalue weighted by molar-refractivity contribution is 7.92. The smallest absolute Gasteiger partial charge is 0.416 e. The predicted octanol–water partition coefficient (Wildman–Crippen LogP) is 6.06. The molecule has 28 heavy (non-hydrogen) atoms. The van der Waals surface area contributed by atoms with Crippen LogP contribution in [0.15, 0.2) is 70.0 Å². The molecule has 9 heteroatoms. The van der Waals surface area contributed by atoms with Gasteiger partial charge in [0.2, 0.25) is 0 Å². The zero-order valence-electron chi connectivity index (χ0n) is 13.9. The summed E-state index contributed by atoms with van der Waals surface area (Å²) in [5, 5.41) is 1.15. The van der Waals surface area contributed by atoms with E-state index in [0.29, 0.717) is 22.6 Å². The summed E-state index contributed by atoms with van der Waals surface area (Å²) >= 11 is 5.85. The van der Waals surface area contributed by atoms with Crippen molar-refractivity contribution in [1.82, 2.24) is 0 Å². The topological polar surface area (TPSA) is 59.3 Å². The summed E-state index contributed by atoms with van der Waals surface area (Å²) in [5.74, 6) is 0. The van der Waals surface area contributed by atoms with E-state index in [4.69, 9.17) is 16.0 Å². The fourth-order valence-corrected chi connectivity index (χ4v) is 4.46. The summed E-state index contributed by atoms with van der Waals surface area (Å²) < 4.78 is 72.1. The second-order valence-corrected chi connectivity index (χ2v) is 8.12. The fraction of sp³-hybridized carbons (Fsp3) is 0.0526. The molecule has 0 amide bonds. The number of para-hydroxylation sites is 1. The Hall–Kier alpha value is -2.71. The van der Waals surface area contributed by atoms with Crippen molar-refractivity contribution in [2.75, 3.05) is 4.72 Å². The predicted molar refractivity (Wildman–Crippen MR) is 101 cm³/mol. The lowest BCUT2D eigenvalue weighted by atomic mass is 10.1. The van der Waals surface area contributed by atoms with Crippen molar-refractivity contribution in [3.05, 3.63) is 71.2 Å². The number of sulfonamides is 1. The molecule has 0 unspecified atom stereocenters. The Morgan fingerprint density at radius 1 is 0.893 bits per heavy atom. The summed E-state index contributed by atoms with van der Waals surface area (Å²) in [6, 6.07) is 14.0. The van der Waals surface area contributed by atoms with Crippen LogP contribution in [0.25, 0.3) is 21.9 Å². The Morgan fingerprint density at radius 3 is 2.36 bits per heavy atom. The quantitative estimate of drug-likeness (QED) is 0.434. The molecule has 0 aliphatic heterocycles. The van der Waals surface area contributed by atoms with Crippen LogP contribution in [-0.4, -0.2) is 8.42 Å². The maximum atomic E-state index is 12.9. The summed E-state index contributed by atoms with van der Waals surface area (Å²) in [6.45, 7) is 0. The van der Waals surface area contributed by atoms with Gasteiger partial charge in [-0.1, -0.05) is 29.8 Å². The third kappa shape index (κ3) is 3.29. The number of hydrogen-bond acceptors (Lipinski definition) is 3. The highest BCUT2D eigenvalue weighted by atomic mass is 35.5. The number of benzene rings is 3. The van der Waals surface area contributed by atoms with Crippen LogP contribution < -0.4 is 4.72 Å². The molecule has 0 fully saturated rings. The molecular weight excluding hydrogens is 415 g/mol. The largest absolute Gasteiger partial charge is 0.456 e. The van der Waals surface area contributed by atoms with Gasteiger partial charge in [0, 0.05) is 16.5 Å². The van der Waals surface area contributed by atoms with Gasteiger partial charge in [0.05, 0.1) is 10.6 Å². The lowest BCUT2D eigenvalue weighted by molar-refractivity contribution is -0.137. The molecular formula is C19H11ClF3NO3S. The molecule has 4 nitrogen and oxygen atoms in total. The molecule has 1 N–H and O–H groups in total. The molecule has 0 aliphatic rings. The maximum absolute atomic E-state index is 12.9. The number of furan rings is 1. The molecule has 4 aromatic rings. The van der Waals surface area contributed by atoms with Gasteiger partial charge in [-0.05, 0) is 42.5 Å². The van der Waals surface area contributed by atoms with Gasteiger partial charge in [-0.2, -0.15) is 13.2 Å². The highest BCUT2D eigenvalue weighted by Crippen LogP contribution is 2.35. The lowest BCUT2D eigenvalue weighted by Crippen LogP contribution is -2.15. The van der Waals surface area contributed by atoms with E-state index in [9.17, 15) is 21.6 Å². The van der Waals surface area contributed by atoms with Crippen molar-refractivity contribution in [2.24, 2.45) is 0 Å². The molecule has 0 aliphatic carbocycles. The van der Waals surface area contributed by atoms with E-state index in [1.165, 1.54) is 6.07 Å². The average Bonchev–Trinajstić information content (AvgIpc) is 2.98. The first-order valence-electron chi connectivity index (χ1n) is 7.96. The van der Waals surface area contributed by atoms with Crippen molar-refractivity contribution >= 4 is 49.3 Å². The maximum Gasteiger partial charge on any atom is 0.416 e. The second-order valence-electron chi connectivity index (χ2n) is 6.06. The molecule has 4 rings (SSSR count). The van der Waals surface area contributed by atoms with Gasteiger partial charge in [-0.25, -0.2) is 8.42 Å². The highest BCUT2D eigenvalue weighted by Gasteiger charge is 2.32. The molecule has 1 heterocycles. The van der Waals surface area contributed by atoms with E-state index < -0.39 is 26.7 Å². The summed E-state index contributed by atoms with van der Waals surface area (Å²) in [4.78, 5) is -0.652. The first-order chi connectivity index (χ1) is 13.1. The molecule has 0 saturated heterocycles. The van der Waals surface area contributed by atoms with Gasteiger partial charge >= 0.3 is 6.18 Å². The van der Waals surface area contributed by atoms with E-state index in [2.05, 4.69) is 4.72 Å². The average molecular weight is 426 g/mol. The van der Waals surface area contributed by atoms with Crippen molar-refractivity contribution in [3.63, 3.8) is 0 Å². The molecule has 0 saturated carbocycles. The van der Waals surface area contributed by atoms with Crippen molar-refractivity contribution in [3.8, 4) is 0 Å². The van der Waals surface area contributed by atoms with E-state index in [-0.39, 0.29) is 10.7 Å². The molecule has 0 radical (unpaired) electrons. The first kappa shape index (κ1) is 18.6. The normalized spacial score (nSPS) is 12.6. The van der Waals surface area contributed by atoms with Crippen molar-refractivity contribution in [2.45, 2.75) is 11.1 Å². The Balaban J connectivity index is 1.77. The van der Waals surface area contributed by atoms with Crippen LogP contribution in [0.1, 0.15) is 5.56 Å². The Labute approximate surface area is 162 Å². The van der Waals surface area contributed by atoms with Crippen LogP contribution in [0.2, 0.25) is 5.02 Å². The van der Waals surface area contributed by atoms with E-state index in [1.807, 2.05) is 18.2 Å². The minimum absolute atomic E-state index is 0.174. The number of halogens is 4. The molecule has 3 aromatic carbocycles. The van der Waals surface area contributed by atoms with Crippen LogP contribution in [0.5, 0.6) is 0 Å². The number of hydrogen-bond donors (Lipinski definition) is 1. The number of fused-ring (bicyclic) bond motifs is 3. The summed E-state index contributed by atoms with van der Waals surface area (Å²) in [6.07, 6.45) is -4.69. The molecule has 144 valence electrons. The third-order valence-corrected chi connectivity index (χ3v) is 6.04. The summed E-state index contributed by atoms with van der Waals surface area (Å²) in [7, 11) is -4.34. The standard InChI is InChI=1S/C19H11ClF3NO3S/c20-15-7-5-11(19(21,22)23)9-18(15)28(25,26)24-12-6-8-17-14(10-12)13-3-1-2-4-16(13)27-17/h1-10,24H. The van der Waals surface area contributed by atoms with E-state index >= 15 is 0 Å². The zero-order valence-corrected chi connectivity index (χ0v) is 15.5. The van der Waals surface area contributed by atoms with Crippen LogP contribution in [0.4, 0.5) is 18.9 Å². The van der Waals surface area contributed by atoms with Crippen molar-refractivity contribution in [1.29, 1.82) is 0 Å². The molecule has 1 aromatic heterocycles. The first-order valence-corrected chi connectivity index (χ1v) is 9.82. The van der Waals surface area contributed by atoms with Gasteiger partial charge < -0.3 is 4.42 Å². The summed E-state index contributed by atoms with van der Waals surface area (Å²) in [5.41, 5.74) is 0.265. The molecule has 0 atom stereocenters. The Morgan fingerprint density at radius 2 is 1.61 bits per heavy atom. The number of nitrogens with one attached hydrogen (secondary N) is 1. The number of alkyl halides is 3. The van der Waals surface area contributed by atoms with Crippen LogP contribution in [0.3, 0.4) is 0 Å². The SMILES string of the molecule is O=S(=O)(Nc1ccc2oc3ccccc3c2c1)c1cc(C(F)(F)F)ccc1Cl. The zero-order chi connectivity index (χ0) is 20.1. The second kappa shape index (κ2) is 6.42. The molecule has 0 spiro atoms.